The van der Waals surface area contributed by atoms with Crippen LogP contribution in [0.15, 0.2) is 53.9 Å². The minimum Gasteiger partial charge on any atom is -0.493 e. The number of methoxy groups -OCH3 is 1. The van der Waals surface area contributed by atoms with Crippen LogP contribution in [-0.4, -0.2) is 59.7 Å². The molecule has 10 heteroatoms. The number of carboxylic acid groups (broad SMARTS) is 1. The number of aliphatic hydroxyl groups excluding tert-OH is 1. The highest BCUT2D eigenvalue weighted by Crippen LogP contribution is 2.35. The number of aryl methyl sites for hydroxylation is 1. The topological polar surface area (TPSA) is 135 Å². The fraction of sp³-hybridized carbons (Fsp3) is 0.185. The maximum Gasteiger partial charge on any atom is 0.335 e. The van der Waals surface area contributed by atoms with Gasteiger partial charge in [0.1, 0.15) is 12.3 Å². The van der Waals surface area contributed by atoms with Crippen molar-refractivity contribution in [2.75, 3.05) is 26.9 Å². The SMILES string of the molecule is COc1cc(C(=O)NCC(=O)c2cc(C(=O)O)cc(-c3csc4c(C)cccc34)n2)ccc1OCCO. The zero-order valence-electron chi connectivity index (χ0n) is 20.1. The number of carbonyl (C=O) groups is 3. The number of benzene rings is 2. The van der Waals surface area contributed by atoms with Crippen LogP contribution in [0.1, 0.15) is 36.8 Å². The summed E-state index contributed by atoms with van der Waals surface area (Å²) in [4.78, 5) is 41.8. The quantitative estimate of drug-likeness (QED) is 0.268. The summed E-state index contributed by atoms with van der Waals surface area (Å²) < 4.78 is 11.6. The molecule has 0 saturated heterocycles. The summed E-state index contributed by atoms with van der Waals surface area (Å²) in [5.74, 6) is -1.60. The van der Waals surface area contributed by atoms with Gasteiger partial charge in [0.2, 0.25) is 0 Å². The molecule has 2 heterocycles. The third kappa shape index (κ3) is 5.60. The van der Waals surface area contributed by atoms with Crippen molar-refractivity contribution in [3.63, 3.8) is 0 Å². The number of aromatic carboxylic acids is 1. The molecule has 1 amide bonds. The summed E-state index contributed by atoms with van der Waals surface area (Å²) in [5.41, 5.74) is 2.29. The van der Waals surface area contributed by atoms with Gasteiger partial charge in [-0.25, -0.2) is 9.78 Å². The molecule has 0 unspecified atom stereocenters. The molecule has 4 aromatic rings. The Kier molecular flexibility index (Phi) is 7.80. The van der Waals surface area contributed by atoms with Gasteiger partial charge >= 0.3 is 5.97 Å². The highest BCUT2D eigenvalue weighted by atomic mass is 32.1. The van der Waals surface area contributed by atoms with Crippen molar-refractivity contribution >= 4 is 39.1 Å². The van der Waals surface area contributed by atoms with Crippen molar-refractivity contribution < 1.29 is 34.1 Å². The number of ketones is 1. The van der Waals surface area contributed by atoms with E-state index >= 15 is 0 Å². The van der Waals surface area contributed by atoms with Gasteiger partial charge in [0.05, 0.1) is 31.5 Å². The predicted octanol–water partition coefficient (Wildman–Crippen LogP) is 3.96. The minimum atomic E-state index is -1.19. The van der Waals surface area contributed by atoms with Crippen molar-refractivity contribution in [2.45, 2.75) is 6.92 Å². The van der Waals surface area contributed by atoms with Crippen LogP contribution in [-0.2, 0) is 0 Å². The first-order chi connectivity index (χ1) is 17.8. The van der Waals surface area contributed by atoms with Crippen LogP contribution in [0, 0.1) is 6.92 Å². The molecule has 2 aromatic heterocycles. The van der Waals surface area contributed by atoms with Gasteiger partial charge in [0, 0.05) is 26.6 Å². The number of nitrogens with zero attached hydrogens (tertiary/aromatic N) is 1. The van der Waals surface area contributed by atoms with Crippen LogP contribution in [0.4, 0.5) is 0 Å². The van der Waals surface area contributed by atoms with Gasteiger partial charge in [-0.05, 0) is 42.8 Å². The van der Waals surface area contributed by atoms with Gasteiger partial charge in [-0.1, -0.05) is 18.2 Å². The lowest BCUT2D eigenvalue weighted by atomic mass is 10.0. The molecule has 0 radical (unpaired) electrons. The summed E-state index contributed by atoms with van der Waals surface area (Å²) in [6.07, 6.45) is 0. The number of Topliss-reactive ketones (excluding diaryl/α,β-unsaturated/α-hetero) is 1. The number of hydrogen-bond acceptors (Lipinski definition) is 8. The molecule has 4 rings (SSSR count). The Bertz CT molecular complexity index is 1500. The minimum absolute atomic E-state index is 0.0625. The predicted molar refractivity (Wildman–Crippen MR) is 139 cm³/mol. The molecular formula is C27H24N2O7S. The van der Waals surface area contributed by atoms with Gasteiger partial charge in [0.15, 0.2) is 17.3 Å². The van der Waals surface area contributed by atoms with Crippen molar-refractivity contribution in [1.29, 1.82) is 0 Å². The van der Waals surface area contributed by atoms with Crippen LogP contribution in [0.25, 0.3) is 21.3 Å². The van der Waals surface area contributed by atoms with Crippen LogP contribution in [0.2, 0.25) is 0 Å². The average Bonchev–Trinajstić information content (AvgIpc) is 3.35. The van der Waals surface area contributed by atoms with Gasteiger partial charge in [0.25, 0.3) is 5.91 Å². The van der Waals surface area contributed by atoms with Gasteiger partial charge < -0.3 is 25.0 Å². The fourth-order valence-electron chi connectivity index (χ4n) is 3.77. The lowest BCUT2D eigenvalue weighted by Gasteiger charge is -2.12. The molecule has 9 nitrogen and oxygen atoms in total. The van der Waals surface area contributed by atoms with E-state index in [0.717, 1.165) is 21.2 Å². The lowest BCUT2D eigenvalue weighted by Crippen LogP contribution is -2.30. The maximum atomic E-state index is 13.0. The van der Waals surface area contributed by atoms with E-state index in [2.05, 4.69) is 10.3 Å². The number of ether oxygens (including phenoxy) is 2. The van der Waals surface area contributed by atoms with Crippen molar-refractivity contribution in [2.24, 2.45) is 0 Å². The van der Waals surface area contributed by atoms with Crippen LogP contribution in [0.3, 0.4) is 0 Å². The normalized spacial score (nSPS) is 10.8. The first kappa shape index (κ1) is 25.8. The van der Waals surface area contributed by atoms with Gasteiger partial charge in [-0.15, -0.1) is 11.3 Å². The first-order valence-corrected chi connectivity index (χ1v) is 12.2. The lowest BCUT2D eigenvalue weighted by molar-refractivity contribution is 0.0696. The zero-order chi connectivity index (χ0) is 26.5. The van der Waals surface area contributed by atoms with Gasteiger partial charge in [-0.2, -0.15) is 0 Å². The number of hydrogen-bond donors (Lipinski definition) is 3. The summed E-state index contributed by atoms with van der Waals surface area (Å²) >= 11 is 1.52. The molecule has 2 aromatic carbocycles. The van der Waals surface area contributed by atoms with Crippen molar-refractivity contribution in [1.82, 2.24) is 10.3 Å². The second kappa shape index (κ2) is 11.2. The monoisotopic (exact) mass is 520 g/mol. The number of aromatic nitrogens is 1. The largest absolute Gasteiger partial charge is 0.493 e. The molecule has 3 N–H and O–H groups in total. The molecule has 0 spiro atoms. The Hall–Kier alpha value is -4.28. The standard InChI is InChI=1S/C27H24N2O7S/c1-15-4-3-5-18-19(14-37-25(15)18)20-10-17(27(33)34)11-21(29-20)22(31)13-28-26(32)16-6-7-23(36-9-8-30)24(12-16)35-2/h3-7,10-12,14,30H,8-9,13H2,1-2H3,(H,28,32)(H,33,34). The van der Waals surface area contributed by atoms with Crippen LogP contribution < -0.4 is 14.8 Å². The fourth-order valence-corrected chi connectivity index (χ4v) is 4.81. The van der Waals surface area contributed by atoms with E-state index in [9.17, 15) is 19.5 Å². The number of pyridine rings is 1. The van der Waals surface area contributed by atoms with E-state index in [-0.39, 0.29) is 36.6 Å². The van der Waals surface area contributed by atoms with Crippen LogP contribution >= 0.6 is 11.3 Å². The molecule has 190 valence electrons. The number of carboxylic acids is 1. The van der Waals surface area contributed by atoms with Crippen LogP contribution in [0.5, 0.6) is 11.5 Å². The highest BCUT2D eigenvalue weighted by molar-refractivity contribution is 7.18. The Balaban J connectivity index is 1.56. The van der Waals surface area contributed by atoms with E-state index in [0.29, 0.717) is 17.2 Å². The smallest absolute Gasteiger partial charge is 0.335 e. The summed E-state index contributed by atoms with van der Waals surface area (Å²) in [6.45, 7) is 1.51. The molecule has 0 fully saturated rings. The summed E-state index contributed by atoms with van der Waals surface area (Å²) in [5, 5.41) is 23.9. The molecular weight excluding hydrogens is 496 g/mol. The van der Waals surface area contributed by atoms with E-state index < -0.39 is 17.7 Å². The Morgan fingerprint density at radius 2 is 1.86 bits per heavy atom. The summed E-state index contributed by atoms with van der Waals surface area (Å²) in [6, 6.07) is 13.0. The van der Waals surface area contributed by atoms with E-state index in [1.54, 1.807) is 0 Å². The van der Waals surface area contributed by atoms with E-state index in [1.807, 2.05) is 30.5 Å². The first-order valence-electron chi connectivity index (χ1n) is 11.3. The number of rotatable bonds is 10. The molecule has 0 saturated carbocycles. The third-order valence-corrected chi connectivity index (χ3v) is 6.75. The van der Waals surface area contributed by atoms with Gasteiger partial charge in [-0.3, -0.25) is 9.59 Å². The molecule has 37 heavy (non-hydrogen) atoms. The number of nitrogens with one attached hydrogen (secondary N) is 1. The zero-order valence-corrected chi connectivity index (χ0v) is 20.9. The number of aliphatic hydroxyl groups is 1. The molecule has 0 aliphatic carbocycles. The second-order valence-corrected chi connectivity index (χ2v) is 8.96. The van der Waals surface area contributed by atoms with E-state index in [1.165, 1.54) is 48.8 Å². The number of thiophene rings is 1. The number of fused-ring (bicyclic) bond motifs is 1. The summed E-state index contributed by atoms with van der Waals surface area (Å²) in [7, 11) is 1.42. The maximum absolute atomic E-state index is 13.0. The van der Waals surface area contributed by atoms with E-state index in [4.69, 9.17) is 14.6 Å². The third-order valence-electron chi connectivity index (χ3n) is 5.61. The molecule has 0 bridgehead atoms. The van der Waals surface area contributed by atoms with Crippen molar-refractivity contribution in [3.05, 3.63) is 76.3 Å². The second-order valence-electron chi connectivity index (χ2n) is 8.08. The Morgan fingerprint density at radius 1 is 1.05 bits per heavy atom. The van der Waals surface area contributed by atoms with Crippen molar-refractivity contribution in [3.8, 4) is 22.8 Å². The molecule has 0 aliphatic rings. The molecule has 0 aliphatic heterocycles. The Labute approximate surface area is 216 Å². The highest BCUT2D eigenvalue weighted by Gasteiger charge is 2.19. The molecule has 0 atom stereocenters. The number of carbonyl (C=O) groups excluding carboxylic acids is 2. The average molecular weight is 521 g/mol. The Morgan fingerprint density at radius 3 is 2.59 bits per heavy atom. The number of amides is 1.